The molecule has 0 spiro atoms. The molecule has 0 unspecified atom stereocenters. The van der Waals surface area contributed by atoms with Crippen molar-refractivity contribution in [2.45, 2.75) is 18.9 Å². The van der Waals surface area contributed by atoms with E-state index >= 15 is 0 Å². The average Bonchev–Trinajstić information content (AvgIpc) is 2.94. The van der Waals surface area contributed by atoms with E-state index in [2.05, 4.69) is 20.8 Å². The van der Waals surface area contributed by atoms with Gasteiger partial charge in [0.15, 0.2) is 0 Å². The van der Waals surface area contributed by atoms with E-state index in [4.69, 9.17) is 0 Å². The van der Waals surface area contributed by atoms with Gasteiger partial charge in [-0.2, -0.15) is 4.68 Å². The molecule has 0 aliphatic rings. The number of hydrogen-bond donors (Lipinski definition) is 3. The lowest BCUT2D eigenvalue weighted by Crippen LogP contribution is -2.46. The Balaban J connectivity index is 2.30. The van der Waals surface area contributed by atoms with Crippen molar-refractivity contribution in [3.63, 3.8) is 0 Å². The molecule has 7 nitrogen and oxygen atoms in total. The molecule has 0 saturated carbocycles. The quantitative estimate of drug-likeness (QED) is 0.689. The molecule has 0 saturated heterocycles. The van der Waals surface area contributed by atoms with Crippen LogP contribution in [0.4, 0.5) is 5.95 Å². The minimum Gasteiger partial charge on any atom is -0.394 e. The van der Waals surface area contributed by atoms with Gasteiger partial charge >= 0.3 is 0 Å². The third-order valence-corrected chi connectivity index (χ3v) is 3.13. The lowest BCUT2D eigenvalue weighted by molar-refractivity contribution is 0.132. The van der Waals surface area contributed by atoms with Crippen molar-refractivity contribution in [2.75, 3.05) is 18.5 Å². The highest BCUT2D eigenvalue weighted by atomic mass is 16.3. The van der Waals surface area contributed by atoms with Gasteiger partial charge in [0, 0.05) is 0 Å². The van der Waals surface area contributed by atoms with Crippen molar-refractivity contribution in [2.24, 2.45) is 0 Å². The van der Waals surface area contributed by atoms with E-state index in [1.807, 2.05) is 37.3 Å². The van der Waals surface area contributed by atoms with E-state index in [1.165, 1.54) is 4.68 Å². The van der Waals surface area contributed by atoms with E-state index in [0.717, 1.165) is 5.69 Å². The zero-order valence-corrected chi connectivity index (χ0v) is 10.7. The summed E-state index contributed by atoms with van der Waals surface area (Å²) in [6.45, 7) is 1.46. The molecule has 0 fully saturated rings. The summed E-state index contributed by atoms with van der Waals surface area (Å²) in [6.07, 6.45) is 0.543. The van der Waals surface area contributed by atoms with E-state index in [1.54, 1.807) is 0 Å². The monoisotopic (exact) mass is 263 g/mol. The highest BCUT2D eigenvalue weighted by molar-refractivity contribution is 5.40. The molecular weight excluding hydrogens is 246 g/mol. The minimum atomic E-state index is -0.832. The van der Waals surface area contributed by atoms with Crippen molar-refractivity contribution < 1.29 is 10.2 Å². The number of aromatic nitrogens is 4. The third-order valence-electron chi connectivity index (χ3n) is 3.13. The molecule has 0 amide bonds. The number of anilines is 1. The number of nitrogens with zero attached hydrogens (tertiary/aromatic N) is 4. The van der Waals surface area contributed by atoms with Crippen LogP contribution in [0.1, 0.15) is 13.3 Å². The van der Waals surface area contributed by atoms with Crippen LogP contribution in [0.15, 0.2) is 30.3 Å². The molecule has 19 heavy (non-hydrogen) atoms. The number of aliphatic hydroxyl groups excluding tert-OH is 2. The van der Waals surface area contributed by atoms with Gasteiger partial charge in [0.25, 0.3) is 0 Å². The first-order valence-electron chi connectivity index (χ1n) is 6.08. The zero-order valence-electron chi connectivity index (χ0n) is 10.7. The summed E-state index contributed by atoms with van der Waals surface area (Å²) in [5.41, 5.74) is -0.0304. The van der Waals surface area contributed by atoms with Crippen LogP contribution in [0.25, 0.3) is 5.69 Å². The van der Waals surface area contributed by atoms with Crippen molar-refractivity contribution in [1.29, 1.82) is 0 Å². The molecule has 2 rings (SSSR count). The molecule has 0 atom stereocenters. The summed E-state index contributed by atoms with van der Waals surface area (Å²) in [5.74, 6) is 0.385. The van der Waals surface area contributed by atoms with Crippen LogP contribution in [0.2, 0.25) is 0 Å². The number of nitrogens with one attached hydrogen (secondary N) is 1. The van der Waals surface area contributed by atoms with Crippen LogP contribution in [-0.4, -0.2) is 49.2 Å². The summed E-state index contributed by atoms with van der Waals surface area (Å²) in [5, 5.41) is 33.3. The molecule has 1 aromatic heterocycles. The maximum absolute atomic E-state index is 9.44. The van der Waals surface area contributed by atoms with Gasteiger partial charge in [-0.3, -0.25) is 0 Å². The predicted molar refractivity (Wildman–Crippen MR) is 70.0 cm³/mol. The van der Waals surface area contributed by atoms with Gasteiger partial charge < -0.3 is 15.5 Å². The maximum atomic E-state index is 9.44. The van der Waals surface area contributed by atoms with Gasteiger partial charge in [-0.15, -0.1) is 0 Å². The number of benzene rings is 1. The Labute approximate surface area is 110 Å². The number of rotatable bonds is 6. The van der Waals surface area contributed by atoms with Crippen molar-refractivity contribution in [3.8, 4) is 5.69 Å². The lowest BCUT2D eigenvalue weighted by atomic mass is 9.99. The van der Waals surface area contributed by atoms with Crippen LogP contribution in [-0.2, 0) is 0 Å². The molecule has 102 valence electrons. The second-order valence-electron chi connectivity index (χ2n) is 4.32. The van der Waals surface area contributed by atoms with Crippen LogP contribution in [0.5, 0.6) is 0 Å². The van der Waals surface area contributed by atoms with Crippen LogP contribution in [0, 0.1) is 0 Å². The molecule has 3 N–H and O–H groups in total. The molecule has 0 aliphatic carbocycles. The third kappa shape index (κ3) is 2.72. The second kappa shape index (κ2) is 5.77. The molecule has 0 radical (unpaired) electrons. The van der Waals surface area contributed by atoms with Crippen LogP contribution in [0.3, 0.4) is 0 Å². The minimum absolute atomic E-state index is 0.207. The Hall–Kier alpha value is -1.99. The standard InChI is InChI=1S/C12H17N5O2/c1-2-12(8-18,9-19)13-11-14-15-16-17(11)10-6-4-3-5-7-10/h3-7,18-19H,2,8-9H2,1H3,(H,13,14,16). The largest absolute Gasteiger partial charge is 0.394 e. The van der Waals surface area contributed by atoms with E-state index in [-0.39, 0.29) is 13.2 Å². The Kier molecular flexibility index (Phi) is 4.08. The SMILES string of the molecule is CCC(CO)(CO)Nc1nnnn1-c1ccccc1. The topological polar surface area (TPSA) is 96.1 Å². The number of hydrogen-bond acceptors (Lipinski definition) is 6. The van der Waals surface area contributed by atoms with E-state index in [9.17, 15) is 10.2 Å². The maximum Gasteiger partial charge on any atom is 0.248 e. The fraction of sp³-hybridized carbons (Fsp3) is 0.417. The predicted octanol–water partition coefficient (Wildman–Crippen LogP) is 0.208. The number of tetrazole rings is 1. The van der Waals surface area contributed by atoms with Crippen molar-refractivity contribution >= 4 is 5.95 Å². The number of para-hydroxylation sites is 1. The normalized spacial score (nSPS) is 11.5. The van der Waals surface area contributed by atoms with E-state index in [0.29, 0.717) is 12.4 Å². The first-order valence-corrected chi connectivity index (χ1v) is 6.08. The number of aliphatic hydroxyl groups is 2. The fourth-order valence-electron chi connectivity index (χ4n) is 1.69. The molecule has 0 bridgehead atoms. The summed E-state index contributed by atoms with van der Waals surface area (Å²) < 4.78 is 1.52. The van der Waals surface area contributed by atoms with E-state index < -0.39 is 5.54 Å². The Morgan fingerprint density at radius 3 is 2.47 bits per heavy atom. The average molecular weight is 263 g/mol. The molecule has 0 aliphatic heterocycles. The van der Waals surface area contributed by atoms with Gasteiger partial charge in [-0.1, -0.05) is 30.2 Å². The van der Waals surface area contributed by atoms with Gasteiger partial charge in [0.1, 0.15) is 0 Å². The summed E-state index contributed by atoms with van der Waals surface area (Å²) in [7, 11) is 0. The molecule has 7 heteroatoms. The summed E-state index contributed by atoms with van der Waals surface area (Å²) >= 11 is 0. The Morgan fingerprint density at radius 2 is 1.89 bits per heavy atom. The highest BCUT2D eigenvalue weighted by Gasteiger charge is 2.28. The van der Waals surface area contributed by atoms with Crippen LogP contribution >= 0.6 is 0 Å². The summed E-state index contributed by atoms with van der Waals surface area (Å²) in [4.78, 5) is 0. The molecule has 1 aromatic carbocycles. The lowest BCUT2D eigenvalue weighted by Gasteiger charge is -2.29. The van der Waals surface area contributed by atoms with Gasteiger partial charge in [-0.25, -0.2) is 0 Å². The van der Waals surface area contributed by atoms with Crippen molar-refractivity contribution in [1.82, 2.24) is 20.2 Å². The van der Waals surface area contributed by atoms with Gasteiger partial charge in [-0.05, 0) is 29.0 Å². The van der Waals surface area contributed by atoms with Crippen molar-refractivity contribution in [3.05, 3.63) is 30.3 Å². The first kappa shape index (κ1) is 13.4. The Bertz CT molecular complexity index is 502. The first-order chi connectivity index (χ1) is 9.24. The fourth-order valence-corrected chi connectivity index (χ4v) is 1.69. The van der Waals surface area contributed by atoms with Gasteiger partial charge in [0.05, 0.1) is 24.4 Å². The van der Waals surface area contributed by atoms with Crippen LogP contribution < -0.4 is 5.32 Å². The molecular formula is C12H17N5O2. The molecule has 2 aromatic rings. The smallest absolute Gasteiger partial charge is 0.248 e. The van der Waals surface area contributed by atoms with Gasteiger partial charge in [0.2, 0.25) is 5.95 Å². The zero-order chi connectivity index (χ0) is 13.7. The Morgan fingerprint density at radius 1 is 1.21 bits per heavy atom. The second-order valence-corrected chi connectivity index (χ2v) is 4.32. The highest BCUT2D eigenvalue weighted by Crippen LogP contribution is 2.18. The molecule has 1 heterocycles. The summed E-state index contributed by atoms with van der Waals surface area (Å²) in [6, 6.07) is 9.40.